The number of carbonyl (C=O) groups excluding carboxylic acids is 3. The Morgan fingerprint density at radius 3 is 1.98 bits per heavy atom. The second kappa shape index (κ2) is 14.8. The smallest absolute Gasteiger partial charge is 0.326 e. The highest BCUT2D eigenvalue weighted by atomic mass is 16.4. The summed E-state index contributed by atoms with van der Waals surface area (Å²) >= 11 is 0. The number of carbonyl (C=O) groups is 5. The van der Waals surface area contributed by atoms with Crippen molar-refractivity contribution in [3.8, 4) is 0 Å². The zero-order valence-electron chi connectivity index (χ0n) is 23.5. The average Bonchev–Trinajstić information content (AvgIpc) is 3.36. The SMILES string of the molecule is CC(C)C(N)C(=O)NC(Cc1c[nH]c2ccccc12)C(=O)NC(Cc1ccccc1)C(=O)NC(CCC(=O)O)C(=O)O. The number of H-pyrrole nitrogens is 1. The first-order chi connectivity index (χ1) is 20.0. The quantitative estimate of drug-likeness (QED) is 0.140. The number of benzene rings is 2. The van der Waals surface area contributed by atoms with Crippen molar-refractivity contribution in [2.24, 2.45) is 11.7 Å². The first-order valence-electron chi connectivity index (χ1n) is 13.7. The van der Waals surface area contributed by atoms with E-state index in [9.17, 15) is 29.1 Å². The van der Waals surface area contributed by atoms with Gasteiger partial charge >= 0.3 is 11.9 Å². The summed E-state index contributed by atoms with van der Waals surface area (Å²) in [6.45, 7) is 3.56. The van der Waals surface area contributed by atoms with Crippen LogP contribution < -0.4 is 21.7 Å². The number of aromatic amines is 1. The lowest BCUT2D eigenvalue weighted by molar-refractivity contribution is -0.143. The summed E-state index contributed by atoms with van der Waals surface area (Å²) in [5, 5.41) is 27.1. The van der Waals surface area contributed by atoms with Crippen LogP contribution >= 0.6 is 0 Å². The molecular formula is C30H37N5O7. The fraction of sp³-hybridized carbons (Fsp3) is 0.367. The van der Waals surface area contributed by atoms with E-state index in [0.717, 1.165) is 16.5 Å². The molecule has 0 aliphatic heterocycles. The lowest BCUT2D eigenvalue weighted by Gasteiger charge is -2.26. The molecule has 3 rings (SSSR count). The maximum Gasteiger partial charge on any atom is 0.326 e. The van der Waals surface area contributed by atoms with Gasteiger partial charge in [0.05, 0.1) is 6.04 Å². The van der Waals surface area contributed by atoms with Gasteiger partial charge in [-0.2, -0.15) is 0 Å². The predicted molar refractivity (Wildman–Crippen MR) is 155 cm³/mol. The van der Waals surface area contributed by atoms with E-state index in [1.54, 1.807) is 50.4 Å². The van der Waals surface area contributed by atoms with Gasteiger partial charge in [-0.15, -0.1) is 0 Å². The molecule has 12 nitrogen and oxygen atoms in total. The molecule has 42 heavy (non-hydrogen) atoms. The van der Waals surface area contributed by atoms with E-state index >= 15 is 0 Å². The molecule has 2 aromatic carbocycles. The van der Waals surface area contributed by atoms with Gasteiger partial charge in [-0.3, -0.25) is 19.2 Å². The summed E-state index contributed by atoms with van der Waals surface area (Å²) in [4.78, 5) is 65.8. The Morgan fingerprint density at radius 1 is 0.786 bits per heavy atom. The highest BCUT2D eigenvalue weighted by molar-refractivity contribution is 5.95. The van der Waals surface area contributed by atoms with Crippen molar-refractivity contribution in [2.75, 3.05) is 0 Å². The van der Waals surface area contributed by atoms with Crippen molar-refractivity contribution in [1.29, 1.82) is 0 Å². The molecule has 12 heteroatoms. The van der Waals surface area contributed by atoms with Gasteiger partial charge in [-0.05, 0) is 29.5 Å². The van der Waals surface area contributed by atoms with Crippen LogP contribution in [0.25, 0.3) is 10.9 Å². The van der Waals surface area contributed by atoms with Gasteiger partial charge in [0.25, 0.3) is 0 Å². The molecule has 224 valence electrons. The number of hydrogen-bond acceptors (Lipinski definition) is 6. The van der Waals surface area contributed by atoms with Gasteiger partial charge in [-0.1, -0.05) is 62.4 Å². The van der Waals surface area contributed by atoms with Crippen molar-refractivity contribution >= 4 is 40.6 Å². The van der Waals surface area contributed by atoms with Crippen molar-refractivity contribution in [3.05, 3.63) is 71.9 Å². The maximum absolute atomic E-state index is 13.7. The molecule has 0 spiro atoms. The van der Waals surface area contributed by atoms with Crippen molar-refractivity contribution < 1.29 is 34.2 Å². The fourth-order valence-corrected chi connectivity index (χ4v) is 4.43. The number of para-hydroxylation sites is 1. The third-order valence-electron chi connectivity index (χ3n) is 6.93. The normalized spacial score (nSPS) is 14.0. The Bertz CT molecular complexity index is 1410. The van der Waals surface area contributed by atoms with Crippen molar-refractivity contribution in [2.45, 2.75) is 63.7 Å². The second-order valence-electron chi connectivity index (χ2n) is 10.5. The molecule has 4 atom stereocenters. The van der Waals surface area contributed by atoms with Gasteiger partial charge in [-0.25, -0.2) is 4.79 Å². The van der Waals surface area contributed by atoms with Crippen LogP contribution in [-0.2, 0) is 36.8 Å². The molecule has 1 heterocycles. The van der Waals surface area contributed by atoms with E-state index in [0.29, 0.717) is 5.56 Å². The number of amides is 3. The predicted octanol–water partition coefficient (Wildman–Crippen LogP) is 1.34. The van der Waals surface area contributed by atoms with Gasteiger partial charge in [0.2, 0.25) is 17.7 Å². The van der Waals surface area contributed by atoms with E-state index < -0.39 is 60.2 Å². The number of fused-ring (bicyclic) bond motifs is 1. The highest BCUT2D eigenvalue weighted by Crippen LogP contribution is 2.19. The van der Waals surface area contributed by atoms with Gasteiger partial charge in [0, 0.05) is 36.4 Å². The van der Waals surface area contributed by atoms with E-state index in [-0.39, 0.29) is 25.2 Å². The van der Waals surface area contributed by atoms with Crippen molar-refractivity contribution in [3.63, 3.8) is 0 Å². The number of aliphatic carboxylic acids is 2. The largest absolute Gasteiger partial charge is 0.481 e. The Hall–Kier alpha value is -4.71. The zero-order valence-corrected chi connectivity index (χ0v) is 23.5. The Morgan fingerprint density at radius 2 is 1.36 bits per heavy atom. The number of carboxylic acids is 2. The molecule has 0 aliphatic carbocycles. The summed E-state index contributed by atoms with van der Waals surface area (Å²) in [5.41, 5.74) is 8.34. The molecule has 1 aromatic heterocycles. The van der Waals surface area contributed by atoms with Crippen LogP contribution in [0, 0.1) is 5.92 Å². The molecule has 0 bridgehead atoms. The minimum atomic E-state index is -1.48. The van der Waals surface area contributed by atoms with E-state index in [1.165, 1.54) is 0 Å². The number of nitrogens with one attached hydrogen (secondary N) is 4. The summed E-state index contributed by atoms with van der Waals surface area (Å²) in [6.07, 6.45) is 1.04. The minimum absolute atomic E-state index is 0.0168. The third kappa shape index (κ3) is 8.90. The summed E-state index contributed by atoms with van der Waals surface area (Å²) < 4.78 is 0. The molecule has 0 saturated heterocycles. The molecular weight excluding hydrogens is 542 g/mol. The highest BCUT2D eigenvalue weighted by Gasteiger charge is 2.31. The Kier molecular flexibility index (Phi) is 11.2. The first-order valence-corrected chi connectivity index (χ1v) is 13.7. The number of rotatable bonds is 15. The van der Waals surface area contributed by atoms with Crippen LogP contribution in [-0.4, -0.2) is 69.0 Å². The second-order valence-corrected chi connectivity index (χ2v) is 10.5. The van der Waals surface area contributed by atoms with Crippen LogP contribution in [0.4, 0.5) is 0 Å². The molecule has 8 N–H and O–H groups in total. The van der Waals surface area contributed by atoms with Gasteiger partial charge in [0.1, 0.15) is 18.1 Å². The molecule has 4 unspecified atom stereocenters. The summed E-state index contributed by atoms with van der Waals surface area (Å²) in [7, 11) is 0. The van der Waals surface area contributed by atoms with E-state index in [1.807, 2.05) is 24.3 Å². The molecule has 3 aromatic rings. The zero-order chi connectivity index (χ0) is 30.8. The number of hydrogen-bond donors (Lipinski definition) is 7. The number of nitrogens with two attached hydrogens (primary N) is 1. The van der Waals surface area contributed by atoms with E-state index in [2.05, 4.69) is 20.9 Å². The number of aromatic nitrogens is 1. The maximum atomic E-state index is 13.7. The monoisotopic (exact) mass is 579 g/mol. The summed E-state index contributed by atoms with van der Waals surface area (Å²) in [5.74, 6) is -4.81. The minimum Gasteiger partial charge on any atom is -0.481 e. The van der Waals surface area contributed by atoms with E-state index in [4.69, 9.17) is 10.8 Å². The van der Waals surface area contributed by atoms with Crippen LogP contribution in [0.1, 0.15) is 37.8 Å². The average molecular weight is 580 g/mol. The van der Waals surface area contributed by atoms with Crippen molar-refractivity contribution in [1.82, 2.24) is 20.9 Å². The lowest BCUT2D eigenvalue weighted by atomic mass is 10.00. The topological polar surface area (TPSA) is 204 Å². The van der Waals surface area contributed by atoms with Crippen LogP contribution in [0.5, 0.6) is 0 Å². The fourth-order valence-electron chi connectivity index (χ4n) is 4.43. The van der Waals surface area contributed by atoms with Crippen LogP contribution in [0.2, 0.25) is 0 Å². The lowest BCUT2D eigenvalue weighted by Crippen LogP contribution is -2.58. The van der Waals surface area contributed by atoms with Crippen LogP contribution in [0.3, 0.4) is 0 Å². The molecule has 0 saturated carbocycles. The third-order valence-corrected chi connectivity index (χ3v) is 6.93. The number of carboxylic acid groups (broad SMARTS) is 2. The first kappa shape index (κ1) is 31.8. The molecule has 3 amide bonds. The molecule has 0 radical (unpaired) electrons. The molecule has 0 fully saturated rings. The van der Waals surface area contributed by atoms with Gasteiger partial charge < -0.3 is 36.9 Å². The summed E-state index contributed by atoms with van der Waals surface area (Å²) in [6, 6.07) is 11.6. The molecule has 0 aliphatic rings. The van der Waals surface area contributed by atoms with Gasteiger partial charge in [0.15, 0.2) is 0 Å². The Balaban J connectivity index is 1.88. The van der Waals surface area contributed by atoms with Crippen LogP contribution in [0.15, 0.2) is 60.8 Å². The standard InChI is InChI=1S/C30H37N5O7/c1-17(2)26(31)29(40)35-24(15-19-16-32-21-11-7-6-10-20(19)21)28(39)34-23(14-18-8-4-3-5-9-18)27(38)33-22(30(41)42)12-13-25(36)37/h3-11,16-17,22-24,26,32H,12-15,31H2,1-2H3,(H,33,38)(H,34,39)(H,35,40)(H,36,37)(H,41,42). The Labute approximate surface area is 243 Å².